The van der Waals surface area contributed by atoms with Gasteiger partial charge in [0.25, 0.3) is 0 Å². The molecule has 0 unspecified atom stereocenters. The number of rotatable bonds is 44. The Bertz CT molecular complexity index is 522. The molecule has 0 bridgehead atoms. The molecule has 0 aromatic heterocycles. The third kappa shape index (κ3) is 39.0. The molecule has 0 fully saturated rings. The van der Waals surface area contributed by atoms with Crippen LogP contribution < -0.4 is 0 Å². The molecule has 0 N–H and O–H groups in total. The van der Waals surface area contributed by atoms with Crippen molar-refractivity contribution in [3.63, 3.8) is 0 Å². The van der Waals surface area contributed by atoms with Crippen LogP contribution in [0.5, 0.6) is 0 Å². The Kier molecular flexibility index (Phi) is 44.7. The summed E-state index contributed by atoms with van der Waals surface area (Å²) in [5, 5.41) is 0. The van der Waals surface area contributed by atoms with Gasteiger partial charge in [-0.1, -0.05) is 270 Å². The van der Waals surface area contributed by atoms with Crippen molar-refractivity contribution in [3.8, 4) is 0 Å². The first-order valence-electron chi connectivity index (χ1n) is 24.5. The van der Waals surface area contributed by atoms with Crippen molar-refractivity contribution in [3.05, 3.63) is 11.1 Å². The van der Waals surface area contributed by atoms with Crippen LogP contribution in [0.1, 0.15) is 310 Å². The van der Waals surface area contributed by atoms with Gasteiger partial charge >= 0.3 is 0 Å². The first-order valence-corrected chi connectivity index (χ1v) is 24.5. The lowest BCUT2D eigenvalue weighted by Crippen LogP contribution is -1.97. The van der Waals surface area contributed by atoms with Gasteiger partial charge in [0.1, 0.15) is 0 Å². The molecule has 0 aliphatic rings. The smallest absolute Gasteiger partial charge is 0.0318 e. The standard InChI is InChI=1S/C50H100/c1-5-9-13-17-21-25-29-33-37-41-45-49(46-42-38-34-30-26-22-18-14-10-6-2)50(47-43-39-35-31-27-23-19-15-11-7-3)48-44-40-36-32-28-24-20-16-12-8-4/h5-48H2,1-4H3. The van der Waals surface area contributed by atoms with Gasteiger partial charge in [-0.15, -0.1) is 0 Å². The third-order valence-corrected chi connectivity index (χ3v) is 11.8. The molecule has 0 spiro atoms. The highest BCUT2D eigenvalue weighted by molar-refractivity contribution is 5.15. The summed E-state index contributed by atoms with van der Waals surface area (Å²) < 4.78 is 0. The summed E-state index contributed by atoms with van der Waals surface area (Å²) in [7, 11) is 0. The van der Waals surface area contributed by atoms with E-state index in [4.69, 9.17) is 0 Å². The first-order chi connectivity index (χ1) is 24.8. The molecule has 0 atom stereocenters. The summed E-state index contributed by atoms with van der Waals surface area (Å²) >= 11 is 0. The van der Waals surface area contributed by atoms with E-state index in [0.717, 1.165) is 0 Å². The van der Waals surface area contributed by atoms with Crippen molar-refractivity contribution in [1.82, 2.24) is 0 Å². The zero-order valence-electron chi connectivity index (χ0n) is 36.1. The second kappa shape index (κ2) is 44.9. The minimum atomic E-state index is 1.37. The summed E-state index contributed by atoms with van der Waals surface area (Å²) in [4.78, 5) is 0. The van der Waals surface area contributed by atoms with Gasteiger partial charge < -0.3 is 0 Å². The average molecular weight is 701 g/mol. The molecule has 0 aliphatic heterocycles. The van der Waals surface area contributed by atoms with Crippen LogP contribution >= 0.6 is 0 Å². The fraction of sp³-hybridized carbons (Fsp3) is 0.960. The Morgan fingerprint density at radius 1 is 0.160 bits per heavy atom. The lowest BCUT2D eigenvalue weighted by Gasteiger charge is -2.17. The Hall–Kier alpha value is -0.260. The highest BCUT2D eigenvalue weighted by Gasteiger charge is 2.09. The highest BCUT2D eigenvalue weighted by atomic mass is 14.2. The molecule has 0 aromatic rings. The molecule has 50 heavy (non-hydrogen) atoms. The lowest BCUT2D eigenvalue weighted by molar-refractivity contribution is 0.535. The van der Waals surface area contributed by atoms with Gasteiger partial charge in [-0.05, 0) is 51.4 Å². The van der Waals surface area contributed by atoms with Gasteiger partial charge in [0, 0.05) is 0 Å². The summed E-state index contributed by atoms with van der Waals surface area (Å²) in [5.41, 5.74) is 3.91. The minimum Gasteiger partial charge on any atom is -0.0710 e. The van der Waals surface area contributed by atoms with Crippen LogP contribution in [0.4, 0.5) is 0 Å². The van der Waals surface area contributed by atoms with Gasteiger partial charge in [-0.2, -0.15) is 0 Å². The predicted octanol–water partition coefficient (Wildman–Crippen LogP) is 19.5. The van der Waals surface area contributed by atoms with E-state index in [9.17, 15) is 0 Å². The molecule has 0 heteroatoms. The zero-order chi connectivity index (χ0) is 36.3. The van der Waals surface area contributed by atoms with Crippen molar-refractivity contribution in [2.45, 2.75) is 310 Å². The van der Waals surface area contributed by atoms with E-state index in [2.05, 4.69) is 27.7 Å². The van der Waals surface area contributed by atoms with Gasteiger partial charge in [0.05, 0.1) is 0 Å². The van der Waals surface area contributed by atoms with Gasteiger partial charge in [-0.3, -0.25) is 0 Å². The molecule has 300 valence electrons. The van der Waals surface area contributed by atoms with Crippen molar-refractivity contribution >= 4 is 0 Å². The summed E-state index contributed by atoms with van der Waals surface area (Å²) in [5.74, 6) is 0. The predicted molar refractivity (Wildman–Crippen MR) is 233 cm³/mol. The zero-order valence-corrected chi connectivity index (χ0v) is 36.1. The maximum absolute atomic E-state index is 2.33. The monoisotopic (exact) mass is 701 g/mol. The Morgan fingerprint density at radius 2 is 0.280 bits per heavy atom. The Morgan fingerprint density at radius 3 is 0.420 bits per heavy atom. The maximum Gasteiger partial charge on any atom is -0.0318 e. The van der Waals surface area contributed by atoms with Crippen molar-refractivity contribution in [1.29, 1.82) is 0 Å². The number of hydrogen-bond acceptors (Lipinski definition) is 0. The fourth-order valence-corrected chi connectivity index (χ4v) is 8.26. The van der Waals surface area contributed by atoms with Crippen LogP contribution in [0.2, 0.25) is 0 Å². The average Bonchev–Trinajstić information content (AvgIpc) is 3.13. The molecule has 0 amide bonds. The summed E-state index contributed by atoms with van der Waals surface area (Å²) in [6, 6.07) is 0. The van der Waals surface area contributed by atoms with Crippen LogP contribution in [0, 0.1) is 0 Å². The van der Waals surface area contributed by atoms with Crippen molar-refractivity contribution in [2.75, 3.05) is 0 Å². The first kappa shape index (κ1) is 49.7. The van der Waals surface area contributed by atoms with E-state index in [-0.39, 0.29) is 0 Å². The highest BCUT2D eigenvalue weighted by Crippen LogP contribution is 2.29. The van der Waals surface area contributed by atoms with E-state index < -0.39 is 0 Å². The molecule has 0 aromatic carbocycles. The Labute approximate surface area is 320 Å². The van der Waals surface area contributed by atoms with E-state index >= 15 is 0 Å². The maximum atomic E-state index is 2.33. The molecule has 0 saturated carbocycles. The van der Waals surface area contributed by atoms with Gasteiger partial charge in [0.2, 0.25) is 0 Å². The van der Waals surface area contributed by atoms with Crippen LogP contribution in [0.25, 0.3) is 0 Å². The molecule has 0 aliphatic carbocycles. The second-order valence-electron chi connectivity index (χ2n) is 16.9. The topological polar surface area (TPSA) is 0 Å². The fourth-order valence-electron chi connectivity index (χ4n) is 8.26. The summed E-state index contributed by atoms with van der Waals surface area (Å²) in [6.45, 7) is 9.33. The number of hydrogen-bond donors (Lipinski definition) is 0. The van der Waals surface area contributed by atoms with E-state index in [1.165, 1.54) is 283 Å². The van der Waals surface area contributed by atoms with Crippen LogP contribution in [0.3, 0.4) is 0 Å². The van der Waals surface area contributed by atoms with Crippen LogP contribution in [-0.2, 0) is 0 Å². The second-order valence-corrected chi connectivity index (χ2v) is 16.9. The van der Waals surface area contributed by atoms with Gasteiger partial charge in [0.15, 0.2) is 0 Å². The SMILES string of the molecule is CCCCCCCCCCCCC(CCCCCCCCCCCC)=C(CCCCCCCCCCCC)CCCCCCCCCCCC. The molecule has 0 rings (SSSR count). The van der Waals surface area contributed by atoms with Crippen LogP contribution in [0.15, 0.2) is 11.1 Å². The molecular formula is C50H100. The largest absolute Gasteiger partial charge is 0.0710 e. The normalized spacial score (nSPS) is 11.5. The molecule has 0 heterocycles. The minimum absolute atomic E-state index is 1.37. The molecular weight excluding hydrogens is 601 g/mol. The third-order valence-electron chi connectivity index (χ3n) is 11.8. The molecule has 0 radical (unpaired) electrons. The number of unbranched alkanes of at least 4 members (excludes halogenated alkanes) is 36. The van der Waals surface area contributed by atoms with Crippen molar-refractivity contribution in [2.24, 2.45) is 0 Å². The van der Waals surface area contributed by atoms with Crippen molar-refractivity contribution < 1.29 is 0 Å². The molecule has 0 nitrogen and oxygen atoms in total. The van der Waals surface area contributed by atoms with E-state index in [1.54, 1.807) is 0 Å². The van der Waals surface area contributed by atoms with E-state index in [1.807, 2.05) is 11.1 Å². The molecule has 0 saturated heterocycles. The van der Waals surface area contributed by atoms with E-state index in [0.29, 0.717) is 0 Å². The Balaban J connectivity index is 4.94. The quantitative estimate of drug-likeness (QED) is 0.0438. The number of allylic oxidation sites excluding steroid dienone is 2. The van der Waals surface area contributed by atoms with Crippen LogP contribution in [-0.4, -0.2) is 0 Å². The summed E-state index contributed by atoms with van der Waals surface area (Å²) in [6.07, 6.45) is 64.1. The van der Waals surface area contributed by atoms with Gasteiger partial charge in [-0.25, -0.2) is 0 Å². The lowest BCUT2D eigenvalue weighted by atomic mass is 9.89.